The molecule has 0 radical (unpaired) electrons. The zero-order valence-electron chi connectivity index (χ0n) is 6.46. The Bertz CT molecular complexity index is 191. The number of nitrogens with two attached hydrogens (primary N) is 1. The fourth-order valence-corrected chi connectivity index (χ4v) is 1.35. The molecule has 0 saturated carbocycles. The van der Waals surface area contributed by atoms with Crippen molar-refractivity contribution in [3.63, 3.8) is 0 Å². The molecule has 0 aromatic rings. The molecule has 4 heteroatoms. The summed E-state index contributed by atoms with van der Waals surface area (Å²) in [6.45, 7) is 1.89. The summed E-state index contributed by atoms with van der Waals surface area (Å²) >= 11 is 0. The first kappa shape index (κ1) is 8.04. The number of hydrogen-bond acceptors (Lipinski definition) is 2. The van der Waals surface area contributed by atoms with Crippen LogP contribution in [0, 0.1) is 5.92 Å². The fourth-order valence-electron chi connectivity index (χ4n) is 1.35. The number of primary amides is 1. The smallest absolute Gasteiger partial charge is 0.220 e. The van der Waals surface area contributed by atoms with E-state index < -0.39 is 0 Å². The molecule has 0 bridgehead atoms. The number of nitrogens with one attached hydrogen (secondary N) is 1. The summed E-state index contributed by atoms with van der Waals surface area (Å²) < 4.78 is 0. The largest absolute Gasteiger partial charge is 0.370 e. The Kier molecular flexibility index (Phi) is 2.12. The summed E-state index contributed by atoms with van der Waals surface area (Å²) in [6.07, 6.45) is 0.740. The normalized spacial score (nSPS) is 30.1. The quantitative estimate of drug-likeness (QED) is 0.559. The highest BCUT2D eigenvalue weighted by atomic mass is 16.2. The van der Waals surface area contributed by atoms with E-state index in [0.717, 1.165) is 0 Å². The van der Waals surface area contributed by atoms with Gasteiger partial charge in [-0.1, -0.05) is 0 Å². The van der Waals surface area contributed by atoms with Crippen LogP contribution in [0.5, 0.6) is 0 Å². The third-order valence-electron chi connectivity index (χ3n) is 2.01. The van der Waals surface area contributed by atoms with Gasteiger partial charge in [0, 0.05) is 18.9 Å². The molecule has 11 heavy (non-hydrogen) atoms. The number of carbonyl (C=O) groups is 2. The van der Waals surface area contributed by atoms with E-state index in [1.165, 1.54) is 0 Å². The minimum absolute atomic E-state index is 0.0174. The Hall–Kier alpha value is -1.06. The van der Waals surface area contributed by atoms with E-state index in [0.29, 0.717) is 12.8 Å². The second-order valence-corrected chi connectivity index (χ2v) is 2.99. The van der Waals surface area contributed by atoms with Gasteiger partial charge < -0.3 is 11.1 Å². The molecule has 0 aromatic carbocycles. The minimum Gasteiger partial charge on any atom is -0.370 e. The molecule has 62 valence electrons. The van der Waals surface area contributed by atoms with E-state index in [1.807, 2.05) is 6.92 Å². The lowest BCUT2D eigenvalue weighted by atomic mass is 9.98. The average Bonchev–Trinajstić information content (AvgIpc) is 2.09. The Balaban J connectivity index is 2.46. The van der Waals surface area contributed by atoms with Gasteiger partial charge in [-0.15, -0.1) is 0 Å². The molecule has 1 aliphatic rings. The number of hydrogen-bond donors (Lipinski definition) is 2. The van der Waals surface area contributed by atoms with Gasteiger partial charge in [-0.25, -0.2) is 0 Å². The Morgan fingerprint density at radius 3 is 2.82 bits per heavy atom. The van der Waals surface area contributed by atoms with Gasteiger partial charge >= 0.3 is 0 Å². The Morgan fingerprint density at radius 1 is 1.82 bits per heavy atom. The van der Waals surface area contributed by atoms with Gasteiger partial charge in [0.1, 0.15) is 0 Å². The molecule has 1 heterocycles. The van der Waals surface area contributed by atoms with Gasteiger partial charge in [-0.05, 0) is 12.8 Å². The summed E-state index contributed by atoms with van der Waals surface area (Å²) in [7, 11) is 0. The Labute approximate surface area is 65.1 Å². The van der Waals surface area contributed by atoms with Gasteiger partial charge in [0.25, 0.3) is 0 Å². The zero-order chi connectivity index (χ0) is 8.43. The van der Waals surface area contributed by atoms with Crippen molar-refractivity contribution in [2.24, 2.45) is 11.7 Å². The van der Waals surface area contributed by atoms with Crippen molar-refractivity contribution in [1.82, 2.24) is 5.32 Å². The van der Waals surface area contributed by atoms with Crippen molar-refractivity contribution in [2.75, 3.05) is 0 Å². The average molecular weight is 156 g/mol. The summed E-state index contributed by atoms with van der Waals surface area (Å²) in [5.41, 5.74) is 5.00. The molecule has 4 nitrogen and oxygen atoms in total. The lowest BCUT2D eigenvalue weighted by Crippen LogP contribution is -2.27. The van der Waals surface area contributed by atoms with Gasteiger partial charge in [0.2, 0.25) is 11.8 Å². The lowest BCUT2D eigenvalue weighted by Gasteiger charge is -2.10. The van der Waals surface area contributed by atoms with E-state index in [2.05, 4.69) is 5.32 Å². The predicted molar refractivity (Wildman–Crippen MR) is 39.5 cm³/mol. The second-order valence-electron chi connectivity index (χ2n) is 2.99. The number of rotatable bonds is 2. The first-order valence-electron chi connectivity index (χ1n) is 3.67. The minimum atomic E-state index is -0.335. The molecular formula is C7H12N2O2. The molecule has 2 unspecified atom stereocenters. The van der Waals surface area contributed by atoms with E-state index in [-0.39, 0.29) is 23.8 Å². The summed E-state index contributed by atoms with van der Waals surface area (Å²) in [4.78, 5) is 21.3. The van der Waals surface area contributed by atoms with Gasteiger partial charge in [0.05, 0.1) is 0 Å². The van der Waals surface area contributed by atoms with Crippen molar-refractivity contribution in [3.8, 4) is 0 Å². The van der Waals surface area contributed by atoms with Crippen LogP contribution in [-0.2, 0) is 9.59 Å². The monoisotopic (exact) mass is 156 g/mol. The molecule has 1 fully saturated rings. The van der Waals surface area contributed by atoms with Crippen LogP contribution in [0.3, 0.4) is 0 Å². The highest BCUT2D eigenvalue weighted by molar-refractivity contribution is 5.81. The molecular weight excluding hydrogens is 144 g/mol. The van der Waals surface area contributed by atoms with Crippen molar-refractivity contribution in [1.29, 1.82) is 0 Å². The van der Waals surface area contributed by atoms with Crippen LogP contribution in [0.25, 0.3) is 0 Å². The van der Waals surface area contributed by atoms with Crippen molar-refractivity contribution >= 4 is 11.8 Å². The summed E-state index contributed by atoms with van der Waals surface area (Å²) in [5.74, 6) is -0.220. The maximum Gasteiger partial charge on any atom is 0.220 e. The van der Waals surface area contributed by atoms with E-state index in [4.69, 9.17) is 5.73 Å². The lowest BCUT2D eigenvalue weighted by molar-refractivity contribution is -0.119. The SMILES string of the molecule is CC1NC(=O)CC1CC(N)=O. The maximum absolute atomic E-state index is 10.8. The first-order chi connectivity index (χ1) is 5.09. The molecule has 1 saturated heterocycles. The van der Waals surface area contributed by atoms with Crippen LogP contribution in [-0.4, -0.2) is 17.9 Å². The molecule has 0 aromatic heterocycles. The molecule has 3 N–H and O–H groups in total. The summed E-state index contributed by atoms with van der Waals surface area (Å²) in [6, 6.07) is 0.0926. The van der Waals surface area contributed by atoms with Crippen LogP contribution in [0.1, 0.15) is 19.8 Å². The second kappa shape index (κ2) is 2.90. The first-order valence-corrected chi connectivity index (χ1v) is 3.67. The molecule has 2 atom stereocenters. The number of carbonyl (C=O) groups excluding carboxylic acids is 2. The standard InChI is InChI=1S/C7H12N2O2/c1-4-5(2-6(8)10)3-7(11)9-4/h4-5H,2-3H2,1H3,(H2,8,10)(H,9,11). The molecule has 0 spiro atoms. The van der Waals surface area contributed by atoms with Gasteiger partial charge in [-0.2, -0.15) is 0 Å². The van der Waals surface area contributed by atoms with Crippen molar-refractivity contribution in [2.45, 2.75) is 25.8 Å². The van der Waals surface area contributed by atoms with Crippen LogP contribution in [0.4, 0.5) is 0 Å². The van der Waals surface area contributed by atoms with Crippen molar-refractivity contribution in [3.05, 3.63) is 0 Å². The third-order valence-corrected chi connectivity index (χ3v) is 2.01. The topological polar surface area (TPSA) is 72.2 Å². The van der Waals surface area contributed by atoms with Crippen LogP contribution in [0.15, 0.2) is 0 Å². The predicted octanol–water partition coefficient (Wildman–Crippen LogP) is -0.614. The highest BCUT2D eigenvalue weighted by Gasteiger charge is 2.29. The van der Waals surface area contributed by atoms with Crippen molar-refractivity contribution < 1.29 is 9.59 Å². The molecule has 2 amide bonds. The Morgan fingerprint density at radius 2 is 2.45 bits per heavy atom. The van der Waals surface area contributed by atoms with Crippen LogP contribution < -0.4 is 11.1 Å². The van der Waals surface area contributed by atoms with E-state index in [9.17, 15) is 9.59 Å². The number of amides is 2. The van der Waals surface area contributed by atoms with Crippen LogP contribution in [0.2, 0.25) is 0 Å². The summed E-state index contributed by atoms with van der Waals surface area (Å²) in [5, 5.41) is 2.73. The molecule has 1 aliphatic heterocycles. The van der Waals surface area contributed by atoms with Crippen LogP contribution >= 0.6 is 0 Å². The molecule has 0 aliphatic carbocycles. The maximum atomic E-state index is 10.8. The van der Waals surface area contributed by atoms with Gasteiger partial charge in [0.15, 0.2) is 0 Å². The molecule has 1 rings (SSSR count). The van der Waals surface area contributed by atoms with E-state index in [1.54, 1.807) is 0 Å². The van der Waals surface area contributed by atoms with E-state index >= 15 is 0 Å². The zero-order valence-corrected chi connectivity index (χ0v) is 6.46. The van der Waals surface area contributed by atoms with Gasteiger partial charge in [-0.3, -0.25) is 9.59 Å². The fraction of sp³-hybridized carbons (Fsp3) is 0.714. The highest BCUT2D eigenvalue weighted by Crippen LogP contribution is 2.18. The third kappa shape index (κ3) is 1.93.